The summed E-state index contributed by atoms with van der Waals surface area (Å²) in [5, 5.41) is 9.01. The number of likely N-dealkylation sites (tertiary alicyclic amines) is 1. The number of aromatic carboxylic acids is 1. The summed E-state index contributed by atoms with van der Waals surface area (Å²) < 4.78 is 5.45. The summed E-state index contributed by atoms with van der Waals surface area (Å²) in [4.78, 5) is 24.8. The van der Waals surface area contributed by atoms with Gasteiger partial charge in [-0.2, -0.15) is 0 Å². The monoisotopic (exact) mass is 279 g/mol. The average molecular weight is 279 g/mol. The van der Waals surface area contributed by atoms with Gasteiger partial charge in [0.1, 0.15) is 17.1 Å². The minimum Gasteiger partial charge on any atom is -0.478 e. The van der Waals surface area contributed by atoms with Crippen molar-refractivity contribution in [3.05, 3.63) is 23.2 Å². The van der Waals surface area contributed by atoms with E-state index in [-0.39, 0.29) is 11.5 Å². The van der Waals surface area contributed by atoms with Crippen LogP contribution in [0.15, 0.2) is 10.5 Å². The highest BCUT2D eigenvalue weighted by atomic mass is 16.4. The van der Waals surface area contributed by atoms with Crippen molar-refractivity contribution in [2.24, 2.45) is 5.92 Å². The minimum absolute atomic E-state index is 0.131. The summed E-state index contributed by atoms with van der Waals surface area (Å²) in [6.45, 7) is 4.87. The molecule has 0 aromatic carbocycles. The van der Waals surface area contributed by atoms with Crippen molar-refractivity contribution in [1.29, 1.82) is 0 Å². The van der Waals surface area contributed by atoms with Gasteiger partial charge >= 0.3 is 5.97 Å². The van der Waals surface area contributed by atoms with Crippen LogP contribution in [0.1, 0.15) is 54.5 Å². The lowest BCUT2D eigenvalue weighted by Gasteiger charge is -2.19. The third-order valence-corrected chi connectivity index (χ3v) is 4.05. The highest BCUT2D eigenvalue weighted by Crippen LogP contribution is 2.23. The van der Waals surface area contributed by atoms with Crippen LogP contribution in [0, 0.1) is 12.8 Å². The average Bonchev–Trinajstić information content (AvgIpc) is 2.68. The molecule has 2 heterocycles. The molecule has 0 aliphatic carbocycles. The number of hydrogen-bond donors (Lipinski definition) is 1. The second-order valence-electron chi connectivity index (χ2n) is 5.40. The maximum atomic E-state index is 12.1. The number of rotatable bonds is 4. The first-order valence-corrected chi connectivity index (χ1v) is 7.11. The molecule has 0 bridgehead atoms. The summed E-state index contributed by atoms with van der Waals surface area (Å²) in [5.41, 5.74) is 0.175. The first kappa shape index (κ1) is 14.6. The predicted octanol–water partition coefficient (Wildman–Crippen LogP) is 2.82. The Kier molecular flexibility index (Phi) is 4.47. The predicted molar refractivity (Wildman–Crippen MR) is 73.5 cm³/mol. The molecule has 0 radical (unpaired) electrons. The van der Waals surface area contributed by atoms with Gasteiger partial charge in [0.25, 0.3) is 0 Å². The van der Waals surface area contributed by atoms with E-state index in [0.717, 1.165) is 25.8 Å². The molecular weight excluding hydrogens is 258 g/mol. The van der Waals surface area contributed by atoms with E-state index in [9.17, 15) is 9.59 Å². The topological polar surface area (TPSA) is 70.8 Å². The molecule has 1 atom stereocenters. The molecule has 1 aromatic rings. The minimum atomic E-state index is -0.995. The van der Waals surface area contributed by atoms with Crippen LogP contribution in [-0.2, 0) is 11.3 Å². The molecule has 1 aromatic heterocycles. The number of carbonyl (C=O) groups is 2. The number of aryl methyl sites for hydroxylation is 1. The summed E-state index contributed by atoms with van der Waals surface area (Å²) in [6, 6.07) is 1.52. The first-order valence-electron chi connectivity index (χ1n) is 7.11. The number of carboxylic acids is 1. The molecule has 1 aliphatic heterocycles. The van der Waals surface area contributed by atoms with E-state index in [4.69, 9.17) is 9.52 Å². The fraction of sp³-hybridized carbons (Fsp3) is 0.600. The highest BCUT2D eigenvalue weighted by Gasteiger charge is 2.23. The Hall–Kier alpha value is -1.78. The SMILES string of the molecule is CCC1CCC(=O)N(Cc2cc(C(=O)O)c(C)o2)CC1. The van der Waals surface area contributed by atoms with Gasteiger partial charge in [0.05, 0.1) is 6.54 Å². The Morgan fingerprint density at radius 1 is 1.50 bits per heavy atom. The summed E-state index contributed by atoms with van der Waals surface area (Å²) in [5.74, 6) is 0.680. The molecule has 5 heteroatoms. The molecule has 110 valence electrons. The van der Waals surface area contributed by atoms with Crippen LogP contribution >= 0.6 is 0 Å². The molecule has 1 saturated heterocycles. The van der Waals surface area contributed by atoms with Gasteiger partial charge in [-0.05, 0) is 31.7 Å². The second kappa shape index (κ2) is 6.11. The summed E-state index contributed by atoms with van der Waals surface area (Å²) in [6.07, 6.45) is 3.63. The maximum Gasteiger partial charge on any atom is 0.339 e. The summed E-state index contributed by atoms with van der Waals surface area (Å²) >= 11 is 0. The van der Waals surface area contributed by atoms with Gasteiger partial charge in [0, 0.05) is 13.0 Å². The van der Waals surface area contributed by atoms with Gasteiger partial charge in [0.15, 0.2) is 0 Å². The van der Waals surface area contributed by atoms with Crippen LogP contribution in [0.5, 0.6) is 0 Å². The van der Waals surface area contributed by atoms with Gasteiger partial charge < -0.3 is 14.4 Å². The Labute approximate surface area is 118 Å². The van der Waals surface area contributed by atoms with Crippen molar-refractivity contribution >= 4 is 11.9 Å². The van der Waals surface area contributed by atoms with Crippen molar-refractivity contribution in [3.8, 4) is 0 Å². The van der Waals surface area contributed by atoms with E-state index in [2.05, 4.69) is 6.92 Å². The number of amides is 1. The number of nitrogens with zero attached hydrogens (tertiary/aromatic N) is 1. The molecule has 1 unspecified atom stereocenters. The normalized spacial score (nSPS) is 20.0. The zero-order valence-corrected chi connectivity index (χ0v) is 12.0. The maximum absolute atomic E-state index is 12.1. The molecule has 1 aliphatic rings. The van der Waals surface area contributed by atoms with E-state index >= 15 is 0 Å². The summed E-state index contributed by atoms with van der Waals surface area (Å²) in [7, 11) is 0. The van der Waals surface area contributed by atoms with Crippen LogP contribution in [0.2, 0.25) is 0 Å². The van der Waals surface area contributed by atoms with Crippen molar-refractivity contribution in [2.45, 2.75) is 46.1 Å². The molecule has 5 nitrogen and oxygen atoms in total. The quantitative estimate of drug-likeness (QED) is 0.920. The third kappa shape index (κ3) is 3.21. The van der Waals surface area contributed by atoms with Gasteiger partial charge in [-0.1, -0.05) is 13.3 Å². The molecule has 1 N–H and O–H groups in total. The van der Waals surface area contributed by atoms with Gasteiger partial charge in [-0.25, -0.2) is 4.79 Å². The van der Waals surface area contributed by atoms with Crippen LogP contribution in [-0.4, -0.2) is 28.4 Å². The molecule has 0 saturated carbocycles. The lowest BCUT2D eigenvalue weighted by Crippen LogP contribution is -2.29. The number of furan rings is 1. The van der Waals surface area contributed by atoms with Gasteiger partial charge in [-0.15, -0.1) is 0 Å². The smallest absolute Gasteiger partial charge is 0.339 e. The Balaban J connectivity index is 2.07. The molecular formula is C15H21NO4. The van der Waals surface area contributed by atoms with Crippen molar-refractivity contribution in [1.82, 2.24) is 4.90 Å². The number of hydrogen-bond acceptors (Lipinski definition) is 3. The Bertz CT molecular complexity index is 506. The van der Waals surface area contributed by atoms with Gasteiger partial charge in [0.2, 0.25) is 5.91 Å². The lowest BCUT2D eigenvalue weighted by atomic mass is 9.98. The van der Waals surface area contributed by atoms with Crippen LogP contribution in [0.25, 0.3) is 0 Å². The zero-order valence-electron chi connectivity index (χ0n) is 12.0. The zero-order chi connectivity index (χ0) is 14.7. The van der Waals surface area contributed by atoms with Crippen LogP contribution in [0.4, 0.5) is 0 Å². The highest BCUT2D eigenvalue weighted by molar-refractivity contribution is 5.88. The standard InChI is InChI=1S/C15H21NO4/c1-3-11-4-5-14(17)16(7-6-11)9-12-8-13(15(18)19)10(2)20-12/h8,11H,3-7,9H2,1-2H3,(H,18,19). The van der Waals surface area contributed by atoms with Crippen LogP contribution in [0.3, 0.4) is 0 Å². The first-order chi connectivity index (χ1) is 9.51. The van der Waals surface area contributed by atoms with E-state index in [1.807, 2.05) is 0 Å². The van der Waals surface area contributed by atoms with E-state index in [1.165, 1.54) is 6.07 Å². The Morgan fingerprint density at radius 2 is 2.25 bits per heavy atom. The number of carboxylic acid groups (broad SMARTS) is 1. The van der Waals surface area contributed by atoms with Crippen molar-refractivity contribution < 1.29 is 19.1 Å². The van der Waals surface area contributed by atoms with E-state index in [1.54, 1.807) is 11.8 Å². The van der Waals surface area contributed by atoms with Crippen LogP contribution < -0.4 is 0 Å². The molecule has 1 amide bonds. The number of carbonyl (C=O) groups excluding carboxylic acids is 1. The largest absolute Gasteiger partial charge is 0.478 e. The van der Waals surface area contributed by atoms with Crippen molar-refractivity contribution in [2.75, 3.05) is 6.54 Å². The van der Waals surface area contributed by atoms with Crippen molar-refractivity contribution in [3.63, 3.8) is 0 Å². The molecule has 1 fully saturated rings. The molecule has 2 rings (SSSR count). The van der Waals surface area contributed by atoms with Gasteiger partial charge in [-0.3, -0.25) is 4.79 Å². The molecule has 0 spiro atoms. The Morgan fingerprint density at radius 3 is 2.85 bits per heavy atom. The van der Waals surface area contributed by atoms with E-state index < -0.39 is 5.97 Å². The molecule has 20 heavy (non-hydrogen) atoms. The second-order valence-corrected chi connectivity index (χ2v) is 5.40. The fourth-order valence-electron chi connectivity index (χ4n) is 2.69. The van der Waals surface area contributed by atoms with E-state index in [0.29, 0.717) is 30.4 Å². The fourth-order valence-corrected chi connectivity index (χ4v) is 2.69. The lowest BCUT2D eigenvalue weighted by molar-refractivity contribution is -0.131. The third-order valence-electron chi connectivity index (χ3n) is 4.05.